The number of aromatic nitrogens is 1. The van der Waals surface area contributed by atoms with Gasteiger partial charge in [0.1, 0.15) is 5.75 Å². The molecule has 0 bridgehead atoms. The quantitative estimate of drug-likeness (QED) is 0.656. The monoisotopic (exact) mass is 321 g/mol. The lowest BCUT2D eigenvalue weighted by Crippen LogP contribution is -2.29. The van der Waals surface area contributed by atoms with E-state index < -0.39 is 0 Å². The fourth-order valence-electron chi connectivity index (χ4n) is 1.87. The molecule has 0 radical (unpaired) electrons. The minimum absolute atomic E-state index is 0.161. The molecule has 0 saturated heterocycles. The zero-order chi connectivity index (χ0) is 13.7. The van der Waals surface area contributed by atoms with Gasteiger partial charge in [-0.1, -0.05) is 12.1 Å². The van der Waals surface area contributed by atoms with Crippen molar-refractivity contribution in [3.63, 3.8) is 0 Å². The van der Waals surface area contributed by atoms with Crippen molar-refractivity contribution >= 4 is 15.9 Å². The Morgan fingerprint density at radius 2 is 2.05 bits per heavy atom. The molecular weight excluding hydrogens is 306 g/mol. The molecule has 19 heavy (non-hydrogen) atoms. The second-order valence-corrected chi connectivity index (χ2v) is 4.83. The largest absolute Gasteiger partial charge is 0.494 e. The molecule has 1 aromatic heterocycles. The number of hydrogen-bond acceptors (Lipinski definition) is 4. The van der Waals surface area contributed by atoms with Gasteiger partial charge in [-0.25, -0.2) is 5.43 Å². The zero-order valence-electron chi connectivity index (χ0n) is 10.6. The van der Waals surface area contributed by atoms with E-state index in [4.69, 9.17) is 10.6 Å². The van der Waals surface area contributed by atoms with E-state index in [9.17, 15) is 0 Å². The van der Waals surface area contributed by atoms with E-state index in [0.29, 0.717) is 6.61 Å². The molecule has 2 aromatic rings. The van der Waals surface area contributed by atoms with Gasteiger partial charge in [0.2, 0.25) is 0 Å². The van der Waals surface area contributed by atoms with Crippen molar-refractivity contribution in [1.29, 1.82) is 0 Å². The summed E-state index contributed by atoms with van der Waals surface area (Å²) in [5.41, 5.74) is 4.68. The average Bonchev–Trinajstić information content (AvgIpc) is 2.44. The van der Waals surface area contributed by atoms with Gasteiger partial charge in [0.15, 0.2) is 0 Å². The van der Waals surface area contributed by atoms with Gasteiger partial charge in [-0.2, -0.15) is 0 Å². The number of nitrogens with zero attached hydrogens (tertiary/aromatic N) is 1. The summed E-state index contributed by atoms with van der Waals surface area (Å²) in [5.74, 6) is 6.51. The molecule has 2 rings (SSSR count). The summed E-state index contributed by atoms with van der Waals surface area (Å²) < 4.78 is 6.35. The smallest absolute Gasteiger partial charge is 0.119 e. The number of rotatable bonds is 5. The van der Waals surface area contributed by atoms with E-state index in [1.165, 1.54) is 0 Å². The maximum Gasteiger partial charge on any atom is 0.119 e. The fraction of sp³-hybridized carbons (Fsp3) is 0.214. The number of halogens is 1. The molecule has 1 atom stereocenters. The van der Waals surface area contributed by atoms with E-state index in [-0.39, 0.29) is 6.04 Å². The van der Waals surface area contributed by atoms with Crippen molar-refractivity contribution in [3.8, 4) is 5.75 Å². The van der Waals surface area contributed by atoms with Crippen LogP contribution >= 0.6 is 15.9 Å². The summed E-state index contributed by atoms with van der Waals surface area (Å²) in [7, 11) is 0. The molecule has 0 aliphatic carbocycles. The van der Waals surface area contributed by atoms with Crippen molar-refractivity contribution in [3.05, 3.63) is 58.3 Å². The minimum atomic E-state index is -0.161. The van der Waals surface area contributed by atoms with E-state index in [0.717, 1.165) is 21.5 Å². The third kappa shape index (κ3) is 3.32. The highest BCUT2D eigenvalue weighted by Crippen LogP contribution is 2.27. The number of nitrogens with two attached hydrogens (primary N) is 1. The van der Waals surface area contributed by atoms with Crippen molar-refractivity contribution in [2.75, 3.05) is 6.61 Å². The Hall–Kier alpha value is -1.43. The van der Waals surface area contributed by atoms with Crippen LogP contribution in [-0.2, 0) is 0 Å². The lowest BCUT2D eigenvalue weighted by Gasteiger charge is -2.17. The summed E-state index contributed by atoms with van der Waals surface area (Å²) in [4.78, 5) is 4.36. The van der Waals surface area contributed by atoms with Crippen molar-refractivity contribution in [2.24, 2.45) is 5.84 Å². The highest BCUT2D eigenvalue weighted by Gasteiger charge is 2.16. The van der Waals surface area contributed by atoms with Gasteiger partial charge in [-0.3, -0.25) is 10.8 Å². The second kappa shape index (κ2) is 6.65. The van der Waals surface area contributed by atoms with Gasteiger partial charge < -0.3 is 4.74 Å². The molecule has 3 N–H and O–H groups in total. The molecule has 0 aliphatic rings. The molecule has 4 nitrogen and oxygen atoms in total. The Labute approximate surface area is 121 Å². The third-order valence-electron chi connectivity index (χ3n) is 2.75. The molecule has 100 valence electrons. The maximum atomic E-state index is 5.66. The predicted molar refractivity (Wildman–Crippen MR) is 78.7 cm³/mol. The second-order valence-electron chi connectivity index (χ2n) is 3.97. The Morgan fingerprint density at radius 1 is 1.32 bits per heavy atom. The number of hydrazine groups is 1. The molecule has 0 fully saturated rings. The summed E-state index contributed by atoms with van der Waals surface area (Å²) in [5, 5.41) is 0. The highest BCUT2D eigenvalue weighted by atomic mass is 79.9. The number of benzene rings is 1. The highest BCUT2D eigenvalue weighted by molar-refractivity contribution is 9.10. The van der Waals surface area contributed by atoms with Crippen LogP contribution in [0, 0.1) is 0 Å². The van der Waals surface area contributed by atoms with Crippen molar-refractivity contribution in [1.82, 2.24) is 10.4 Å². The lowest BCUT2D eigenvalue weighted by atomic mass is 10.0. The van der Waals surface area contributed by atoms with Crippen LogP contribution in [0.4, 0.5) is 0 Å². The Morgan fingerprint density at radius 3 is 2.63 bits per heavy atom. The van der Waals surface area contributed by atoms with Crippen LogP contribution in [0.2, 0.25) is 0 Å². The first kappa shape index (κ1) is 14.0. The summed E-state index contributed by atoms with van der Waals surface area (Å²) >= 11 is 3.49. The molecule has 0 spiro atoms. The SMILES string of the molecule is CCOc1ccc(C(NN)c2ncccc2Br)cc1. The van der Waals surface area contributed by atoms with Crippen LogP contribution in [0.25, 0.3) is 0 Å². The zero-order valence-corrected chi connectivity index (χ0v) is 12.2. The van der Waals surface area contributed by atoms with Gasteiger partial charge in [0, 0.05) is 10.7 Å². The molecule has 0 amide bonds. The number of pyridine rings is 1. The topological polar surface area (TPSA) is 60.2 Å². The van der Waals surface area contributed by atoms with Crippen LogP contribution in [0.5, 0.6) is 5.75 Å². The van der Waals surface area contributed by atoms with Crippen molar-refractivity contribution in [2.45, 2.75) is 13.0 Å². The minimum Gasteiger partial charge on any atom is -0.494 e. The molecule has 1 aromatic carbocycles. The van der Waals surface area contributed by atoms with Crippen LogP contribution in [0.3, 0.4) is 0 Å². The maximum absolute atomic E-state index is 5.66. The van der Waals surface area contributed by atoms with E-state index in [1.54, 1.807) is 6.20 Å². The molecule has 1 heterocycles. The predicted octanol–water partition coefficient (Wildman–Crippen LogP) is 2.80. The average molecular weight is 322 g/mol. The van der Waals surface area contributed by atoms with Gasteiger partial charge in [0.25, 0.3) is 0 Å². The van der Waals surface area contributed by atoms with Gasteiger partial charge >= 0.3 is 0 Å². The van der Waals surface area contributed by atoms with Gasteiger partial charge in [-0.05, 0) is 52.7 Å². The summed E-state index contributed by atoms with van der Waals surface area (Å²) in [6, 6.07) is 11.5. The van der Waals surface area contributed by atoms with Crippen molar-refractivity contribution < 1.29 is 4.74 Å². The Bertz CT molecular complexity index is 530. The molecule has 0 aliphatic heterocycles. The third-order valence-corrected chi connectivity index (χ3v) is 3.42. The van der Waals surface area contributed by atoms with Crippen LogP contribution < -0.4 is 16.0 Å². The first-order chi connectivity index (χ1) is 9.26. The summed E-state index contributed by atoms with van der Waals surface area (Å²) in [6.07, 6.45) is 1.75. The standard InChI is InChI=1S/C14H16BrN3O/c1-2-19-11-7-5-10(6-8-11)13(18-16)14-12(15)4-3-9-17-14/h3-9,13,18H,2,16H2,1H3. The van der Waals surface area contributed by atoms with Crippen LogP contribution in [0.1, 0.15) is 24.2 Å². The number of nitrogens with one attached hydrogen (secondary N) is 1. The Balaban J connectivity index is 2.29. The summed E-state index contributed by atoms with van der Waals surface area (Å²) in [6.45, 7) is 2.62. The lowest BCUT2D eigenvalue weighted by molar-refractivity contribution is 0.340. The van der Waals surface area contributed by atoms with Crippen LogP contribution in [0.15, 0.2) is 47.1 Å². The Kier molecular flexibility index (Phi) is 4.90. The van der Waals surface area contributed by atoms with Gasteiger partial charge in [-0.15, -0.1) is 0 Å². The first-order valence-corrected chi connectivity index (χ1v) is 6.85. The first-order valence-electron chi connectivity index (χ1n) is 6.05. The number of hydrogen-bond donors (Lipinski definition) is 2. The molecule has 5 heteroatoms. The number of ether oxygens (including phenoxy) is 1. The van der Waals surface area contributed by atoms with E-state index in [1.807, 2.05) is 43.3 Å². The molecular formula is C14H16BrN3O. The van der Waals surface area contributed by atoms with Crippen LogP contribution in [-0.4, -0.2) is 11.6 Å². The van der Waals surface area contributed by atoms with E-state index in [2.05, 4.69) is 26.3 Å². The molecule has 0 saturated carbocycles. The van der Waals surface area contributed by atoms with E-state index >= 15 is 0 Å². The molecule has 1 unspecified atom stereocenters. The normalized spacial score (nSPS) is 12.2. The fourth-order valence-corrected chi connectivity index (χ4v) is 2.35. The van der Waals surface area contributed by atoms with Gasteiger partial charge in [0.05, 0.1) is 18.3 Å².